The zero-order valence-electron chi connectivity index (χ0n) is 17.5. The number of aromatic nitrogens is 2. The van der Waals surface area contributed by atoms with Gasteiger partial charge in [-0.05, 0) is 60.0 Å². The number of aliphatic imine (C=N–C) groups is 1. The lowest BCUT2D eigenvalue weighted by Gasteiger charge is -2.23. The Kier molecular flexibility index (Phi) is 5.15. The van der Waals surface area contributed by atoms with Gasteiger partial charge in [-0.25, -0.2) is 13.8 Å². The van der Waals surface area contributed by atoms with Crippen molar-refractivity contribution in [1.82, 2.24) is 9.55 Å². The highest BCUT2D eigenvalue weighted by Gasteiger charge is 2.26. The van der Waals surface area contributed by atoms with Crippen LogP contribution in [0.1, 0.15) is 23.6 Å². The Morgan fingerprint density at radius 2 is 1.66 bits per heavy atom. The number of aliphatic hydroxyl groups excluding tert-OH is 1. The van der Waals surface area contributed by atoms with Crippen LogP contribution in [0.15, 0.2) is 71.9 Å². The maximum Gasteiger partial charge on any atom is 0.123 e. The number of rotatable bonds is 4. The molecule has 0 saturated heterocycles. The van der Waals surface area contributed by atoms with Gasteiger partial charge in [0, 0.05) is 42.2 Å². The third-order valence-corrected chi connectivity index (χ3v) is 5.96. The van der Waals surface area contributed by atoms with E-state index < -0.39 is 0 Å². The molecule has 5 rings (SSSR count). The van der Waals surface area contributed by atoms with E-state index in [1.165, 1.54) is 24.3 Å². The van der Waals surface area contributed by atoms with Crippen molar-refractivity contribution < 1.29 is 13.9 Å². The van der Waals surface area contributed by atoms with Crippen molar-refractivity contribution in [1.29, 1.82) is 0 Å². The molecule has 0 unspecified atom stereocenters. The van der Waals surface area contributed by atoms with Gasteiger partial charge in [0.05, 0.1) is 23.3 Å². The number of nitrogens with zero attached hydrogens (tertiary/aromatic N) is 3. The molecule has 1 aliphatic rings. The molecule has 3 heterocycles. The van der Waals surface area contributed by atoms with Gasteiger partial charge in [0.1, 0.15) is 11.6 Å². The van der Waals surface area contributed by atoms with Gasteiger partial charge in [-0.2, -0.15) is 0 Å². The van der Waals surface area contributed by atoms with E-state index in [1.807, 2.05) is 30.0 Å². The molecule has 0 aliphatic carbocycles. The van der Waals surface area contributed by atoms with Crippen molar-refractivity contribution in [3.05, 3.63) is 89.8 Å². The maximum atomic E-state index is 13.8. The fourth-order valence-electron chi connectivity index (χ4n) is 4.38. The largest absolute Gasteiger partial charge is 0.390 e. The first-order valence-electron chi connectivity index (χ1n) is 10.4. The Hall–Kier alpha value is -3.64. The smallest absolute Gasteiger partial charge is 0.123 e. The summed E-state index contributed by atoms with van der Waals surface area (Å²) in [6.07, 6.45) is 6.34. The minimum absolute atomic E-state index is 0.0167. The number of aryl methyl sites for hydroxylation is 1. The Morgan fingerprint density at radius 3 is 2.25 bits per heavy atom. The molecule has 4 nitrogen and oxygen atoms in total. The van der Waals surface area contributed by atoms with E-state index in [2.05, 4.69) is 4.99 Å². The Bertz CT molecular complexity index is 1350. The van der Waals surface area contributed by atoms with Crippen LogP contribution >= 0.6 is 0 Å². The first kappa shape index (κ1) is 20.3. The summed E-state index contributed by atoms with van der Waals surface area (Å²) in [5.41, 5.74) is 6.54. The van der Waals surface area contributed by atoms with Gasteiger partial charge in [0.2, 0.25) is 0 Å². The van der Waals surface area contributed by atoms with E-state index in [1.54, 1.807) is 30.5 Å². The fourth-order valence-corrected chi connectivity index (χ4v) is 4.38. The van der Waals surface area contributed by atoms with Crippen molar-refractivity contribution in [2.24, 2.45) is 12.0 Å². The second-order valence-electron chi connectivity index (χ2n) is 7.86. The Morgan fingerprint density at radius 1 is 1.00 bits per heavy atom. The number of benzene rings is 2. The number of aliphatic hydroxyl groups is 1. The standard InChI is InChI=1S/C26H21F2N3O/c1-31-21(15-32)14-22-26(31)24(16-2-6-19(27)7-3-16)23(17-10-12-29-13-11-17)25(30-22)18-4-8-20(28)9-5-18/h2-10,12-14,17,32H,11,15H2,1H3/t17-/m1/s1. The van der Waals surface area contributed by atoms with E-state index in [4.69, 9.17) is 4.98 Å². The van der Waals surface area contributed by atoms with Gasteiger partial charge < -0.3 is 9.67 Å². The number of halogens is 2. The number of hydrogen-bond acceptors (Lipinski definition) is 3. The summed E-state index contributed by atoms with van der Waals surface area (Å²) in [7, 11) is 1.89. The van der Waals surface area contributed by atoms with Gasteiger partial charge >= 0.3 is 0 Å². The van der Waals surface area contributed by atoms with Crippen LogP contribution in [-0.2, 0) is 13.7 Å². The molecule has 0 bridgehead atoms. The van der Waals surface area contributed by atoms with Crippen LogP contribution in [0.25, 0.3) is 33.4 Å². The molecule has 32 heavy (non-hydrogen) atoms. The molecule has 0 spiro atoms. The minimum Gasteiger partial charge on any atom is -0.390 e. The van der Waals surface area contributed by atoms with E-state index in [9.17, 15) is 13.9 Å². The lowest BCUT2D eigenvalue weighted by atomic mass is 9.84. The van der Waals surface area contributed by atoms with Crippen LogP contribution in [0.4, 0.5) is 8.78 Å². The predicted octanol–water partition coefficient (Wildman–Crippen LogP) is 5.75. The number of fused-ring (bicyclic) bond motifs is 1. The maximum absolute atomic E-state index is 13.8. The average Bonchev–Trinajstić information content (AvgIpc) is 3.15. The molecule has 2 aromatic heterocycles. The minimum atomic E-state index is -0.317. The van der Waals surface area contributed by atoms with Gasteiger partial charge in [-0.15, -0.1) is 0 Å². The second-order valence-corrected chi connectivity index (χ2v) is 7.86. The normalized spacial score (nSPS) is 15.6. The summed E-state index contributed by atoms with van der Waals surface area (Å²) < 4.78 is 29.4. The number of hydrogen-bond donors (Lipinski definition) is 1. The first-order valence-corrected chi connectivity index (χ1v) is 10.4. The number of pyridine rings is 1. The molecule has 0 radical (unpaired) electrons. The van der Waals surface area contributed by atoms with Crippen molar-refractivity contribution in [2.45, 2.75) is 18.9 Å². The highest BCUT2D eigenvalue weighted by Crippen LogP contribution is 2.43. The van der Waals surface area contributed by atoms with Crippen LogP contribution < -0.4 is 0 Å². The second kappa shape index (κ2) is 8.13. The van der Waals surface area contributed by atoms with Gasteiger partial charge in [-0.1, -0.05) is 18.2 Å². The Labute approximate surface area is 184 Å². The summed E-state index contributed by atoms with van der Waals surface area (Å²) >= 11 is 0. The van der Waals surface area contributed by atoms with E-state index in [-0.39, 0.29) is 24.2 Å². The molecule has 6 heteroatoms. The molecule has 160 valence electrons. The van der Waals surface area contributed by atoms with Gasteiger partial charge in [0.15, 0.2) is 0 Å². The van der Waals surface area contributed by atoms with Gasteiger partial charge in [0.25, 0.3) is 0 Å². The lowest BCUT2D eigenvalue weighted by Crippen LogP contribution is -2.08. The topological polar surface area (TPSA) is 50.4 Å². The van der Waals surface area contributed by atoms with E-state index in [0.717, 1.165) is 39.2 Å². The molecule has 2 aromatic carbocycles. The molecule has 1 aliphatic heterocycles. The van der Waals surface area contributed by atoms with Crippen molar-refractivity contribution in [2.75, 3.05) is 0 Å². The Balaban J connectivity index is 1.92. The van der Waals surface area contributed by atoms with E-state index >= 15 is 0 Å². The molecule has 1 atom stereocenters. The van der Waals surface area contributed by atoms with Crippen molar-refractivity contribution >= 4 is 17.2 Å². The molecule has 0 saturated carbocycles. The zero-order valence-corrected chi connectivity index (χ0v) is 17.5. The summed E-state index contributed by atoms with van der Waals surface area (Å²) in [6, 6.07) is 14.5. The van der Waals surface area contributed by atoms with Crippen molar-refractivity contribution in [3.63, 3.8) is 0 Å². The van der Waals surface area contributed by atoms with Gasteiger partial charge in [-0.3, -0.25) is 4.99 Å². The molecular formula is C26H21F2N3O. The molecular weight excluding hydrogens is 408 g/mol. The summed E-state index contributed by atoms with van der Waals surface area (Å²) in [6.45, 7) is -0.132. The summed E-state index contributed by atoms with van der Waals surface area (Å²) in [5.74, 6) is -0.647. The monoisotopic (exact) mass is 429 g/mol. The molecule has 0 amide bonds. The fraction of sp³-hybridized carbons (Fsp3) is 0.154. The van der Waals surface area contributed by atoms with Crippen LogP contribution in [0.3, 0.4) is 0 Å². The summed E-state index contributed by atoms with van der Waals surface area (Å²) in [5, 5.41) is 9.88. The molecule has 0 fully saturated rings. The van der Waals surface area contributed by atoms with Crippen molar-refractivity contribution in [3.8, 4) is 22.4 Å². The molecule has 1 N–H and O–H groups in total. The predicted molar refractivity (Wildman–Crippen MR) is 122 cm³/mol. The molecule has 4 aromatic rings. The number of allylic oxidation sites excluding steroid dienone is 1. The SMILES string of the molecule is Cn1c(CO)cc2nc(-c3ccc(F)cc3)c([C@@H]3C=CN=CC3)c(-c3ccc(F)cc3)c21. The van der Waals surface area contributed by atoms with Crippen LogP contribution in [0, 0.1) is 11.6 Å². The van der Waals surface area contributed by atoms with Crippen LogP contribution in [0.2, 0.25) is 0 Å². The van der Waals surface area contributed by atoms with E-state index in [0.29, 0.717) is 11.9 Å². The lowest BCUT2D eigenvalue weighted by molar-refractivity contribution is 0.273. The zero-order chi connectivity index (χ0) is 22.2. The third kappa shape index (κ3) is 3.42. The highest BCUT2D eigenvalue weighted by molar-refractivity contribution is 5.99. The quantitative estimate of drug-likeness (QED) is 0.449. The average molecular weight is 429 g/mol. The third-order valence-electron chi connectivity index (χ3n) is 5.96. The first-order chi connectivity index (χ1) is 15.6. The van der Waals surface area contributed by atoms with Crippen LogP contribution in [-0.4, -0.2) is 20.9 Å². The summed E-state index contributed by atoms with van der Waals surface area (Å²) in [4.78, 5) is 9.19. The highest BCUT2D eigenvalue weighted by atomic mass is 19.1. The van der Waals surface area contributed by atoms with Crippen LogP contribution in [0.5, 0.6) is 0 Å².